The molecule has 2 fully saturated rings. The highest BCUT2D eigenvalue weighted by atomic mass is 28.4. The first-order valence-corrected chi connectivity index (χ1v) is 20.6. The lowest BCUT2D eigenvalue weighted by Gasteiger charge is -2.37. The van der Waals surface area contributed by atoms with Crippen LogP contribution in [0.1, 0.15) is 68.6 Å². The van der Waals surface area contributed by atoms with E-state index in [9.17, 15) is 29.1 Å². The van der Waals surface area contributed by atoms with E-state index in [1.54, 1.807) is 14.7 Å². The van der Waals surface area contributed by atoms with Crippen molar-refractivity contribution in [3.05, 3.63) is 59.2 Å². The van der Waals surface area contributed by atoms with Gasteiger partial charge < -0.3 is 34.1 Å². The Morgan fingerprint density at radius 1 is 1.08 bits per heavy atom. The van der Waals surface area contributed by atoms with Gasteiger partial charge in [-0.05, 0) is 74.5 Å². The topological polar surface area (TPSA) is 137 Å². The molecule has 0 aliphatic carbocycles. The molecule has 0 unspecified atom stereocenters. The first kappa shape index (κ1) is 35.3. The van der Waals surface area contributed by atoms with Crippen molar-refractivity contribution in [3.63, 3.8) is 0 Å². The Kier molecular flexibility index (Phi) is 10.0. The minimum Gasteiger partial charge on any atom is -0.469 e. The maximum absolute atomic E-state index is 14.8. The molecule has 49 heavy (non-hydrogen) atoms. The lowest BCUT2D eigenvalue weighted by molar-refractivity contribution is -0.151. The molecule has 12 heteroatoms. The van der Waals surface area contributed by atoms with E-state index in [0.29, 0.717) is 62.3 Å². The lowest BCUT2D eigenvalue weighted by atomic mass is 9.82. The minimum absolute atomic E-state index is 0.0384. The third-order valence-corrected chi connectivity index (χ3v) is 13.6. The number of amides is 3. The van der Waals surface area contributed by atoms with Crippen molar-refractivity contribution in [2.24, 2.45) is 5.92 Å². The second-order valence-electron chi connectivity index (χ2n) is 14.6. The number of hydrogen-bond donors (Lipinski definition) is 2. The molecular formula is C37H49N3O8Si. The van der Waals surface area contributed by atoms with Crippen LogP contribution in [-0.2, 0) is 47.2 Å². The molecule has 3 amide bonds. The number of nitrogens with zero attached hydrogens (tertiary/aromatic N) is 3. The Balaban J connectivity index is 1.35. The second-order valence-corrected chi connectivity index (χ2v) is 18.6. The molecule has 2 aromatic rings. The Labute approximate surface area is 289 Å². The van der Waals surface area contributed by atoms with Crippen molar-refractivity contribution < 1.29 is 38.6 Å². The lowest BCUT2D eigenvalue weighted by Crippen LogP contribution is -2.48. The summed E-state index contributed by atoms with van der Waals surface area (Å²) in [4.78, 5) is 70.7. The Bertz CT molecular complexity index is 1610. The predicted molar refractivity (Wildman–Crippen MR) is 186 cm³/mol. The molecule has 0 bridgehead atoms. The van der Waals surface area contributed by atoms with Crippen LogP contribution in [-0.4, -0.2) is 85.8 Å². The third kappa shape index (κ3) is 6.44. The summed E-state index contributed by atoms with van der Waals surface area (Å²) in [6.45, 7) is 6.73. The average molecular weight is 692 g/mol. The number of carbonyl (C=O) groups excluding carboxylic acids is 4. The van der Waals surface area contributed by atoms with Gasteiger partial charge in [-0.1, -0.05) is 31.2 Å². The first-order valence-electron chi connectivity index (χ1n) is 17.6. The fourth-order valence-electron chi connectivity index (χ4n) is 8.71. The van der Waals surface area contributed by atoms with Crippen LogP contribution in [0.3, 0.4) is 0 Å². The second kappa shape index (κ2) is 14.0. The van der Waals surface area contributed by atoms with Gasteiger partial charge in [0.25, 0.3) is 5.91 Å². The van der Waals surface area contributed by atoms with Gasteiger partial charge in [-0.2, -0.15) is 0 Å². The summed E-state index contributed by atoms with van der Waals surface area (Å²) in [5.74, 6) is -1.19. The molecule has 1 spiro atoms. The minimum atomic E-state index is -3.05. The van der Waals surface area contributed by atoms with Crippen molar-refractivity contribution in [2.45, 2.75) is 101 Å². The zero-order chi connectivity index (χ0) is 35.1. The van der Waals surface area contributed by atoms with E-state index in [1.807, 2.05) is 62.5 Å². The number of benzene rings is 2. The number of anilines is 2. The highest BCUT2D eigenvalue weighted by molar-refractivity contribution is 6.71. The molecule has 6 rings (SSSR count). The van der Waals surface area contributed by atoms with Gasteiger partial charge in [-0.25, -0.2) is 0 Å². The van der Waals surface area contributed by atoms with Crippen LogP contribution >= 0.6 is 0 Å². The predicted octanol–water partition coefficient (Wildman–Crippen LogP) is 4.03. The number of unbranched alkanes of at least 4 members (excludes halogenated alkanes) is 1. The van der Waals surface area contributed by atoms with Gasteiger partial charge in [0.15, 0.2) is 13.9 Å². The maximum atomic E-state index is 14.8. The smallest absolute Gasteiger partial charge is 0.305 e. The van der Waals surface area contributed by atoms with Crippen LogP contribution in [0.25, 0.3) is 0 Å². The number of piperidine rings is 1. The quantitative estimate of drug-likeness (QED) is 0.217. The van der Waals surface area contributed by atoms with E-state index >= 15 is 0 Å². The van der Waals surface area contributed by atoms with Crippen LogP contribution < -0.4 is 9.80 Å². The number of fused-ring (bicyclic) bond motifs is 3. The molecule has 2 aromatic carbocycles. The molecule has 4 aliphatic heterocycles. The average Bonchev–Trinajstić information content (AvgIpc) is 3.51. The molecule has 0 aromatic heterocycles. The summed E-state index contributed by atoms with van der Waals surface area (Å²) in [6, 6.07) is 13.2. The number of aliphatic hydroxyl groups is 1. The first-order chi connectivity index (χ1) is 23.4. The molecular weight excluding hydrogens is 643 g/mol. The number of aliphatic hydroxyl groups excluding tert-OH is 1. The van der Waals surface area contributed by atoms with Crippen molar-refractivity contribution in [1.29, 1.82) is 0 Å². The van der Waals surface area contributed by atoms with Gasteiger partial charge in [0, 0.05) is 55.2 Å². The van der Waals surface area contributed by atoms with E-state index in [-0.39, 0.29) is 49.2 Å². The molecule has 0 radical (unpaired) electrons. The Hall–Kier alpha value is -3.58. The van der Waals surface area contributed by atoms with Gasteiger partial charge in [-0.15, -0.1) is 0 Å². The molecule has 2 saturated heterocycles. The van der Waals surface area contributed by atoms with Crippen LogP contribution in [0.2, 0.25) is 18.6 Å². The fourth-order valence-corrected chi connectivity index (χ4v) is 11.3. The van der Waals surface area contributed by atoms with Gasteiger partial charge in [-0.3, -0.25) is 19.2 Å². The number of ether oxygens (including phenoxy) is 2. The van der Waals surface area contributed by atoms with Gasteiger partial charge in [0.2, 0.25) is 11.8 Å². The summed E-state index contributed by atoms with van der Waals surface area (Å²) in [5.41, 5.74) is 2.24. The van der Waals surface area contributed by atoms with Crippen molar-refractivity contribution in [1.82, 2.24) is 4.90 Å². The molecule has 4 heterocycles. The summed E-state index contributed by atoms with van der Waals surface area (Å²) >= 11 is 0. The van der Waals surface area contributed by atoms with E-state index < -0.39 is 31.5 Å². The Morgan fingerprint density at radius 3 is 2.53 bits per heavy atom. The van der Waals surface area contributed by atoms with Crippen LogP contribution in [0.4, 0.5) is 11.4 Å². The van der Waals surface area contributed by atoms with E-state index in [1.165, 1.54) is 7.11 Å². The summed E-state index contributed by atoms with van der Waals surface area (Å²) in [7, 11) is -1.70. The maximum Gasteiger partial charge on any atom is 0.305 e. The number of methoxy groups -OCH3 is 1. The molecule has 264 valence electrons. The van der Waals surface area contributed by atoms with Crippen LogP contribution in [0, 0.1) is 5.92 Å². The van der Waals surface area contributed by atoms with Crippen molar-refractivity contribution in [3.8, 4) is 0 Å². The summed E-state index contributed by atoms with van der Waals surface area (Å²) in [5, 5.41) is 10.3. The van der Waals surface area contributed by atoms with E-state index in [0.717, 1.165) is 24.0 Å². The molecule has 2 N–H and O–H groups in total. The zero-order valence-corrected chi connectivity index (χ0v) is 30.0. The Morgan fingerprint density at radius 2 is 1.84 bits per heavy atom. The normalized spacial score (nSPS) is 26.7. The van der Waals surface area contributed by atoms with Crippen molar-refractivity contribution in [2.75, 3.05) is 36.6 Å². The van der Waals surface area contributed by atoms with Gasteiger partial charge in [0.1, 0.15) is 0 Å². The number of rotatable bonds is 10. The number of carbonyl (C=O) groups is 4. The third-order valence-electron chi connectivity index (χ3n) is 11.1. The van der Waals surface area contributed by atoms with Crippen molar-refractivity contribution >= 4 is 43.4 Å². The summed E-state index contributed by atoms with van der Waals surface area (Å²) in [6.07, 6.45) is 3.29. The standard InChI is InChI=1S/C37H49N3O8Si/c1-24-35(49(3,4)46)31(21-33(43)40-22-26-12-6-5-11-25(26)19-28(40)23-41)48-37(24)29-20-27(38-17-9-7-13-32(38)42)15-16-30(29)39(36(37)45)18-10-8-14-34(44)47-2/h5-6,11-12,15-16,20,24,28,31,35,41,46H,7-10,13-14,17-19,21-23H2,1-4H3/t24-,28-,31+,35-,37+/m0/s1. The SMILES string of the molecule is COC(=O)CCCCN1C(=O)[C@]2(O[C@H](CC(=O)N3Cc4ccccc4C[C@H]3CO)[C@@H]([Si](C)(C)O)[C@@H]2C)c2cc(N3CCCCC3=O)ccc21. The van der Waals surface area contributed by atoms with Crippen LogP contribution in [0.15, 0.2) is 42.5 Å². The highest BCUT2D eigenvalue weighted by Crippen LogP contribution is 2.60. The zero-order valence-electron chi connectivity index (χ0n) is 29.0. The van der Waals surface area contributed by atoms with E-state index in [4.69, 9.17) is 9.47 Å². The fraction of sp³-hybridized carbons (Fsp3) is 0.568. The van der Waals surface area contributed by atoms with E-state index in [2.05, 4.69) is 0 Å². The largest absolute Gasteiger partial charge is 0.469 e. The van der Waals surface area contributed by atoms with Gasteiger partial charge in [0.05, 0.1) is 38.0 Å². The van der Waals surface area contributed by atoms with Crippen LogP contribution in [0.5, 0.6) is 0 Å². The summed E-state index contributed by atoms with van der Waals surface area (Å²) < 4.78 is 11.8. The monoisotopic (exact) mass is 691 g/mol. The number of hydrogen-bond acceptors (Lipinski definition) is 8. The highest BCUT2D eigenvalue weighted by Gasteiger charge is 2.66. The molecule has 5 atom stereocenters. The molecule has 11 nitrogen and oxygen atoms in total. The number of esters is 1. The molecule has 4 aliphatic rings. The molecule has 0 saturated carbocycles. The van der Waals surface area contributed by atoms with Gasteiger partial charge >= 0.3 is 5.97 Å².